The van der Waals surface area contributed by atoms with Crippen LogP contribution in [0.15, 0.2) is 60.9 Å². The molecule has 0 bridgehead atoms. The lowest BCUT2D eigenvalue weighted by Gasteiger charge is -2.14. The summed E-state index contributed by atoms with van der Waals surface area (Å²) in [6.07, 6.45) is 2.42. The van der Waals surface area contributed by atoms with Gasteiger partial charge in [-0.05, 0) is 22.3 Å². The van der Waals surface area contributed by atoms with Gasteiger partial charge in [0.1, 0.15) is 13.2 Å². The minimum atomic E-state index is -0.570. The third-order valence-corrected chi connectivity index (χ3v) is 4.74. The van der Waals surface area contributed by atoms with E-state index in [1.807, 2.05) is 24.3 Å². The second kappa shape index (κ2) is 7.56. The number of amides is 1. The Labute approximate surface area is 161 Å². The second-order valence-corrected chi connectivity index (χ2v) is 6.45. The number of carbonyl (C=O) groups excluding carboxylic acids is 2. The van der Waals surface area contributed by atoms with Crippen LogP contribution in [-0.2, 0) is 20.8 Å². The van der Waals surface area contributed by atoms with Crippen molar-refractivity contribution in [3.8, 4) is 11.1 Å². The number of carbonyl (C=O) groups is 2. The number of anilines is 1. The maximum Gasteiger partial charge on any atom is 0.411 e. The largest absolute Gasteiger partial charge is 0.468 e. The van der Waals surface area contributed by atoms with Crippen molar-refractivity contribution in [3.05, 3.63) is 72.1 Å². The monoisotopic (exact) mass is 377 g/mol. The normalized spacial score (nSPS) is 12.2. The summed E-state index contributed by atoms with van der Waals surface area (Å²) in [7, 11) is 1.31. The van der Waals surface area contributed by atoms with Gasteiger partial charge in [-0.2, -0.15) is 5.10 Å². The maximum absolute atomic E-state index is 12.2. The molecule has 28 heavy (non-hydrogen) atoms. The highest BCUT2D eigenvalue weighted by molar-refractivity contribution is 5.84. The number of fused-ring (bicyclic) bond motifs is 3. The predicted octanol–water partition coefficient (Wildman–Crippen LogP) is 3.42. The average Bonchev–Trinajstić information content (AvgIpc) is 3.28. The summed E-state index contributed by atoms with van der Waals surface area (Å²) in [4.78, 5) is 23.5. The van der Waals surface area contributed by atoms with Gasteiger partial charge in [0.25, 0.3) is 0 Å². The highest BCUT2D eigenvalue weighted by atomic mass is 16.5. The number of benzene rings is 2. The Morgan fingerprint density at radius 2 is 1.71 bits per heavy atom. The Morgan fingerprint density at radius 3 is 2.36 bits per heavy atom. The molecule has 0 unspecified atom stereocenters. The lowest BCUT2D eigenvalue weighted by Crippen LogP contribution is -2.17. The zero-order chi connectivity index (χ0) is 19.5. The van der Waals surface area contributed by atoms with Gasteiger partial charge in [0.15, 0.2) is 0 Å². The molecule has 0 saturated carbocycles. The Bertz CT molecular complexity index is 982. The number of ether oxygens (including phenoxy) is 2. The number of rotatable bonds is 5. The van der Waals surface area contributed by atoms with Crippen molar-refractivity contribution in [3.63, 3.8) is 0 Å². The standard InChI is InChI=1S/C21H19N3O4/c1-27-20(25)12-24-11-14(10-22-24)23-21(26)28-13-19-17-8-4-2-6-15(17)16-7-3-5-9-18(16)19/h2-11,19H,12-13H2,1H3,(H,23,26). The number of nitrogens with one attached hydrogen (secondary N) is 1. The lowest BCUT2D eigenvalue weighted by atomic mass is 9.98. The molecular weight excluding hydrogens is 358 g/mol. The van der Waals surface area contributed by atoms with Crippen LogP contribution >= 0.6 is 0 Å². The summed E-state index contributed by atoms with van der Waals surface area (Å²) in [6, 6.07) is 16.3. The summed E-state index contributed by atoms with van der Waals surface area (Å²) >= 11 is 0. The van der Waals surface area contributed by atoms with Gasteiger partial charge in [0.05, 0.1) is 19.0 Å². The smallest absolute Gasteiger partial charge is 0.411 e. The van der Waals surface area contributed by atoms with E-state index in [0.717, 1.165) is 11.1 Å². The van der Waals surface area contributed by atoms with E-state index >= 15 is 0 Å². The average molecular weight is 377 g/mol. The van der Waals surface area contributed by atoms with Crippen molar-refractivity contribution in [1.29, 1.82) is 0 Å². The first kappa shape index (κ1) is 17.8. The van der Waals surface area contributed by atoms with E-state index in [1.165, 1.54) is 29.1 Å². The van der Waals surface area contributed by atoms with Crippen LogP contribution in [0.4, 0.5) is 10.5 Å². The Morgan fingerprint density at radius 1 is 1.07 bits per heavy atom. The van der Waals surface area contributed by atoms with Gasteiger partial charge in [-0.3, -0.25) is 14.8 Å². The van der Waals surface area contributed by atoms with E-state index in [4.69, 9.17) is 4.74 Å². The first-order valence-electron chi connectivity index (χ1n) is 8.87. The van der Waals surface area contributed by atoms with Crippen LogP contribution in [0.5, 0.6) is 0 Å². The van der Waals surface area contributed by atoms with Crippen LogP contribution in [-0.4, -0.2) is 35.6 Å². The second-order valence-electron chi connectivity index (χ2n) is 6.45. The van der Waals surface area contributed by atoms with Crippen molar-refractivity contribution in [2.45, 2.75) is 12.5 Å². The molecule has 0 fully saturated rings. The molecule has 1 N–H and O–H groups in total. The zero-order valence-electron chi connectivity index (χ0n) is 15.3. The minimum absolute atomic E-state index is 0.000183. The van der Waals surface area contributed by atoms with Gasteiger partial charge in [0, 0.05) is 12.1 Å². The molecule has 0 saturated heterocycles. The third kappa shape index (κ3) is 3.46. The van der Waals surface area contributed by atoms with Crippen LogP contribution in [0.1, 0.15) is 17.0 Å². The zero-order valence-corrected chi connectivity index (χ0v) is 15.3. The Balaban J connectivity index is 1.41. The molecule has 2 aromatic carbocycles. The highest BCUT2D eigenvalue weighted by Gasteiger charge is 2.29. The fraction of sp³-hybridized carbons (Fsp3) is 0.190. The van der Waals surface area contributed by atoms with Gasteiger partial charge in [0.2, 0.25) is 0 Å². The molecule has 1 aliphatic carbocycles. The molecule has 7 heteroatoms. The van der Waals surface area contributed by atoms with Crippen LogP contribution in [0.2, 0.25) is 0 Å². The fourth-order valence-corrected chi connectivity index (χ4v) is 3.46. The fourth-order valence-electron chi connectivity index (χ4n) is 3.46. The van der Waals surface area contributed by atoms with Gasteiger partial charge >= 0.3 is 12.1 Å². The summed E-state index contributed by atoms with van der Waals surface area (Å²) in [6.45, 7) is 0.207. The van der Waals surface area contributed by atoms with E-state index in [2.05, 4.69) is 39.4 Å². The van der Waals surface area contributed by atoms with Crippen molar-refractivity contribution >= 4 is 17.7 Å². The van der Waals surface area contributed by atoms with Gasteiger partial charge in [-0.1, -0.05) is 48.5 Å². The quantitative estimate of drug-likeness (QED) is 0.689. The molecule has 1 aromatic heterocycles. The summed E-state index contributed by atoms with van der Waals surface area (Å²) in [5.41, 5.74) is 5.11. The molecule has 3 aromatic rings. The van der Waals surface area contributed by atoms with Crippen LogP contribution in [0.25, 0.3) is 11.1 Å². The van der Waals surface area contributed by atoms with Crippen molar-refractivity contribution in [2.75, 3.05) is 19.0 Å². The number of hydrogen-bond donors (Lipinski definition) is 1. The summed E-state index contributed by atoms with van der Waals surface area (Å²) in [5.74, 6) is -0.420. The molecular formula is C21H19N3O4. The maximum atomic E-state index is 12.2. The number of nitrogens with zero attached hydrogens (tertiary/aromatic N) is 2. The van der Waals surface area contributed by atoms with Crippen LogP contribution in [0.3, 0.4) is 0 Å². The van der Waals surface area contributed by atoms with E-state index in [-0.39, 0.29) is 19.1 Å². The molecule has 4 rings (SSSR count). The topological polar surface area (TPSA) is 82.5 Å². The number of aromatic nitrogens is 2. The summed E-state index contributed by atoms with van der Waals surface area (Å²) < 4.78 is 11.4. The van der Waals surface area contributed by atoms with Crippen LogP contribution in [0, 0.1) is 0 Å². The molecule has 1 aliphatic rings. The highest BCUT2D eigenvalue weighted by Crippen LogP contribution is 2.44. The Hall–Kier alpha value is -3.61. The molecule has 0 spiro atoms. The van der Waals surface area contributed by atoms with E-state index in [1.54, 1.807) is 6.20 Å². The Kier molecular flexibility index (Phi) is 4.80. The molecule has 0 aliphatic heterocycles. The van der Waals surface area contributed by atoms with Gasteiger partial charge in [-0.15, -0.1) is 0 Å². The molecule has 1 heterocycles. The van der Waals surface area contributed by atoms with Gasteiger partial charge in [-0.25, -0.2) is 4.79 Å². The first-order valence-corrected chi connectivity index (χ1v) is 8.87. The predicted molar refractivity (Wildman–Crippen MR) is 103 cm³/mol. The van der Waals surface area contributed by atoms with Crippen molar-refractivity contribution in [2.24, 2.45) is 0 Å². The van der Waals surface area contributed by atoms with E-state index < -0.39 is 12.1 Å². The van der Waals surface area contributed by atoms with E-state index in [0.29, 0.717) is 5.69 Å². The number of hydrogen-bond acceptors (Lipinski definition) is 5. The van der Waals surface area contributed by atoms with Gasteiger partial charge < -0.3 is 9.47 Å². The van der Waals surface area contributed by atoms with Crippen molar-refractivity contribution in [1.82, 2.24) is 9.78 Å². The SMILES string of the molecule is COC(=O)Cn1cc(NC(=O)OCC2c3ccccc3-c3ccccc32)cn1. The van der Waals surface area contributed by atoms with Crippen LogP contribution < -0.4 is 5.32 Å². The molecule has 1 amide bonds. The van der Waals surface area contributed by atoms with E-state index in [9.17, 15) is 9.59 Å². The lowest BCUT2D eigenvalue weighted by molar-refractivity contribution is -0.141. The summed E-state index contributed by atoms with van der Waals surface area (Å²) in [5, 5.41) is 6.63. The third-order valence-electron chi connectivity index (χ3n) is 4.74. The number of methoxy groups -OCH3 is 1. The molecule has 0 atom stereocenters. The van der Waals surface area contributed by atoms with Crippen molar-refractivity contribution < 1.29 is 19.1 Å². The number of esters is 1. The molecule has 0 radical (unpaired) electrons. The molecule has 7 nitrogen and oxygen atoms in total. The minimum Gasteiger partial charge on any atom is -0.468 e. The first-order chi connectivity index (χ1) is 13.7. The molecule has 142 valence electrons.